The maximum absolute atomic E-state index is 13.8. The van der Waals surface area contributed by atoms with Crippen LogP contribution >= 0.6 is 0 Å². The molecule has 0 radical (unpaired) electrons. The van der Waals surface area contributed by atoms with Gasteiger partial charge in [0.05, 0.1) is 0 Å². The zero-order chi connectivity index (χ0) is 18.0. The molecule has 2 aromatic rings. The Morgan fingerprint density at radius 1 is 0.920 bits per heavy atom. The van der Waals surface area contributed by atoms with Gasteiger partial charge in [0.1, 0.15) is 11.3 Å². The largest absolute Gasteiger partial charge is 0.454 e. The molecule has 0 atom stereocenters. The molecule has 0 aromatic heterocycles. The molecule has 0 unspecified atom stereocenters. The average molecular weight is 342 g/mol. The highest BCUT2D eigenvalue weighted by Crippen LogP contribution is 2.30. The van der Waals surface area contributed by atoms with E-state index in [4.69, 9.17) is 14.2 Å². The molecule has 25 heavy (non-hydrogen) atoms. The van der Waals surface area contributed by atoms with E-state index < -0.39 is 23.5 Å². The molecule has 0 spiro atoms. The Labute approximate surface area is 143 Å². The van der Waals surface area contributed by atoms with Crippen LogP contribution in [0.15, 0.2) is 54.1 Å². The summed E-state index contributed by atoms with van der Waals surface area (Å²) in [5, 5.41) is 0. The third-order valence-corrected chi connectivity index (χ3v) is 3.39. The number of esters is 2. The third-order valence-electron chi connectivity index (χ3n) is 3.39. The molecule has 1 aliphatic heterocycles. The van der Waals surface area contributed by atoms with Crippen LogP contribution in [-0.4, -0.2) is 17.7 Å². The van der Waals surface area contributed by atoms with E-state index in [1.165, 1.54) is 32.1 Å². The number of cyclic esters (lactones) is 2. The number of rotatable bonds is 3. The lowest BCUT2D eigenvalue weighted by atomic mass is 10.1. The Kier molecular flexibility index (Phi) is 4.27. The van der Waals surface area contributed by atoms with Crippen LogP contribution in [-0.2, 0) is 19.1 Å². The van der Waals surface area contributed by atoms with Gasteiger partial charge in [-0.25, -0.2) is 14.0 Å². The molecule has 1 saturated heterocycles. The van der Waals surface area contributed by atoms with Gasteiger partial charge in [-0.3, -0.25) is 0 Å². The second kappa shape index (κ2) is 6.39. The van der Waals surface area contributed by atoms with Gasteiger partial charge in [-0.2, -0.15) is 0 Å². The van der Waals surface area contributed by atoms with Gasteiger partial charge in [0, 0.05) is 19.4 Å². The first-order chi connectivity index (χ1) is 11.9. The highest BCUT2D eigenvalue weighted by atomic mass is 19.1. The molecule has 1 aliphatic rings. The van der Waals surface area contributed by atoms with Crippen molar-refractivity contribution in [2.24, 2.45) is 0 Å². The fraction of sp³-hybridized carbons (Fsp3) is 0.158. The summed E-state index contributed by atoms with van der Waals surface area (Å²) in [6.45, 7) is 2.93. The van der Waals surface area contributed by atoms with Crippen molar-refractivity contribution in [3.8, 4) is 11.5 Å². The summed E-state index contributed by atoms with van der Waals surface area (Å²) in [6.07, 6.45) is 1.30. The van der Waals surface area contributed by atoms with E-state index in [1.54, 1.807) is 36.4 Å². The Balaban J connectivity index is 1.95. The first-order valence-corrected chi connectivity index (χ1v) is 7.55. The molecule has 1 heterocycles. The molecule has 0 aliphatic carbocycles. The lowest BCUT2D eigenvalue weighted by Gasteiger charge is -2.29. The van der Waals surface area contributed by atoms with Crippen molar-refractivity contribution in [1.29, 1.82) is 0 Å². The summed E-state index contributed by atoms with van der Waals surface area (Å²) < 4.78 is 29.5. The van der Waals surface area contributed by atoms with Gasteiger partial charge in [-0.1, -0.05) is 30.3 Å². The lowest BCUT2D eigenvalue weighted by Crippen LogP contribution is -2.41. The zero-order valence-corrected chi connectivity index (χ0v) is 13.6. The van der Waals surface area contributed by atoms with Gasteiger partial charge in [0.2, 0.25) is 0 Å². The number of benzene rings is 2. The van der Waals surface area contributed by atoms with Crippen LogP contribution < -0.4 is 4.74 Å². The van der Waals surface area contributed by atoms with Crippen LogP contribution in [0.25, 0.3) is 6.08 Å². The molecule has 6 heteroatoms. The summed E-state index contributed by atoms with van der Waals surface area (Å²) in [7, 11) is 0. The van der Waals surface area contributed by atoms with Gasteiger partial charge in [-0.15, -0.1) is 0 Å². The van der Waals surface area contributed by atoms with Crippen molar-refractivity contribution in [3.63, 3.8) is 0 Å². The maximum Gasteiger partial charge on any atom is 0.348 e. The molecule has 0 N–H and O–H groups in total. The normalized spacial score (nSPS) is 16.0. The average Bonchev–Trinajstić information content (AvgIpc) is 2.53. The fourth-order valence-electron chi connectivity index (χ4n) is 2.27. The number of ether oxygens (including phenoxy) is 3. The molecule has 0 saturated carbocycles. The highest BCUT2D eigenvalue weighted by molar-refractivity contribution is 6.19. The monoisotopic (exact) mass is 342 g/mol. The van der Waals surface area contributed by atoms with Crippen LogP contribution in [0.1, 0.15) is 19.4 Å². The van der Waals surface area contributed by atoms with E-state index in [0.717, 1.165) is 0 Å². The Morgan fingerprint density at radius 2 is 1.48 bits per heavy atom. The van der Waals surface area contributed by atoms with Gasteiger partial charge in [-0.05, 0) is 24.3 Å². The van der Waals surface area contributed by atoms with E-state index in [9.17, 15) is 14.0 Å². The van der Waals surface area contributed by atoms with Crippen LogP contribution in [0.4, 0.5) is 4.39 Å². The Morgan fingerprint density at radius 3 is 2.12 bits per heavy atom. The van der Waals surface area contributed by atoms with Crippen LogP contribution in [0, 0.1) is 5.82 Å². The number of hydrogen-bond acceptors (Lipinski definition) is 5. The minimum Gasteiger partial charge on any atom is -0.454 e. The Hall–Kier alpha value is -3.15. The molecule has 0 amide bonds. The molecule has 2 aromatic carbocycles. The van der Waals surface area contributed by atoms with Crippen molar-refractivity contribution in [2.45, 2.75) is 19.6 Å². The molecule has 5 nitrogen and oxygen atoms in total. The summed E-state index contributed by atoms with van der Waals surface area (Å²) in [5.74, 6) is -3.10. The van der Waals surface area contributed by atoms with Gasteiger partial charge >= 0.3 is 11.9 Å². The molecule has 0 bridgehead atoms. The number of para-hydroxylation sites is 2. The highest BCUT2D eigenvalue weighted by Gasteiger charge is 2.39. The van der Waals surface area contributed by atoms with Crippen molar-refractivity contribution in [3.05, 3.63) is 65.5 Å². The number of halogens is 1. The second-order valence-electron chi connectivity index (χ2n) is 5.81. The quantitative estimate of drug-likeness (QED) is 0.482. The molecule has 3 rings (SSSR count). The minimum atomic E-state index is -1.31. The third kappa shape index (κ3) is 3.68. The standard InChI is InChI=1S/C19H15FO5/c1-19(2)24-17(21)13(18(22)25-19)11-12-7-3-5-9-15(12)23-16-10-6-4-8-14(16)20/h3-11H,1-2H3. The van der Waals surface area contributed by atoms with Crippen molar-refractivity contribution in [2.75, 3.05) is 0 Å². The predicted molar refractivity (Wildman–Crippen MR) is 87.2 cm³/mol. The van der Waals surface area contributed by atoms with E-state index >= 15 is 0 Å². The van der Waals surface area contributed by atoms with Gasteiger partial charge in [0.25, 0.3) is 5.79 Å². The van der Waals surface area contributed by atoms with Crippen LogP contribution in [0.2, 0.25) is 0 Å². The molecule has 1 fully saturated rings. The first-order valence-electron chi connectivity index (χ1n) is 7.55. The number of carbonyl (C=O) groups is 2. The van der Waals surface area contributed by atoms with Gasteiger partial charge < -0.3 is 14.2 Å². The predicted octanol–water partition coefficient (Wildman–Crippen LogP) is 3.84. The maximum atomic E-state index is 13.8. The lowest BCUT2D eigenvalue weighted by molar-refractivity contribution is -0.222. The summed E-state index contributed by atoms with van der Waals surface area (Å²) >= 11 is 0. The van der Waals surface area contributed by atoms with Crippen LogP contribution in [0.5, 0.6) is 11.5 Å². The van der Waals surface area contributed by atoms with E-state index in [2.05, 4.69) is 0 Å². The minimum absolute atomic E-state index is 0.0308. The SMILES string of the molecule is CC1(C)OC(=O)C(=Cc2ccccc2Oc2ccccc2F)C(=O)O1. The summed E-state index contributed by atoms with van der Waals surface area (Å²) in [4.78, 5) is 24.1. The fourth-order valence-corrected chi connectivity index (χ4v) is 2.27. The van der Waals surface area contributed by atoms with Crippen molar-refractivity contribution in [1.82, 2.24) is 0 Å². The summed E-state index contributed by atoms with van der Waals surface area (Å²) in [6, 6.07) is 12.6. The van der Waals surface area contributed by atoms with Crippen LogP contribution in [0.3, 0.4) is 0 Å². The zero-order valence-electron chi connectivity index (χ0n) is 13.6. The van der Waals surface area contributed by atoms with Crippen molar-refractivity contribution < 1.29 is 28.2 Å². The number of hydrogen-bond donors (Lipinski definition) is 0. The van der Waals surface area contributed by atoms with E-state index in [0.29, 0.717) is 5.56 Å². The van der Waals surface area contributed by atoms with Crippen molar-refractivity contribution >= 4 is 18.0 Å². The molecular weight excluding hydrogens is 327 g/mol. The van der Waals surface area contributed by atoms with Gasteiger partial charge in [0.15, 0.2) is 11.6 Å². The first kappa shape index (κ1) is 16.7. The molecule has 128 valence electrons. The second-order valence-corrected chi connectivity index (χ2v) is 5.81. The molecular formula is C19H15FO5. The summed E-state index contributed by atoms with van der Waals surface area (Å²) in [5.41, 5.74) is 0.151. The van der Waals surface area contributed by atoms with E-state index in [1.807, 2.05) is 0 Å². The Bertz CT molecular complexity index is 848. The number of carbonyl (C=O) groups excluding carboxylic acids is 2. The van der Waals surface area contributed by atoms with E-state index in [-0.39, 0.29) is 17.1 Å². The topological polar surface area (TPSA) is 61.8 Å². The smallest absolute Gasteiger partial charge is 0.348 e.